The van der Waals surface area contributed by atoms with Gasteiger partial charge in [0.25, 0.3) is 0 Å². The zero-order valence-electron chi connectivity index (χ0n) is 10.1. The smallest absolute Gasteiger partial charge is 0.407 e. The van der Waals surface area contributed by atoms with Crippen LogP contribution in [0.3, 0.4) is 0 Å². The lowest BCUT2D eigenvalue weighted by Crippen LogP contribution is -2.41. The number of alkyl carbamates (subject to hydrolysis) is 1. The van der Waals surface area contributed by atoms with Gasteiger partial charge in [-0.3, -0.25) is 4.99 Å². The predicted octanol–water partition coefficient (Wildman–Crippen LogP) is -0.339. The minimum absolute atomic E-state index is 0. The van der Waals surface area contributed by atoms with E-state index in [0.29, 0.717) is 13.0 Å². The van der Waals surface area contributed by atoms with Gasteiger partial charge in [0.1, 0.15) is 6.04 Å². The third kappa shape index (κ3) is 9.52. The van der Waals surface area contributed by atoms with Crippen molar-refractivity contribution in [1.29, 1.82) is 0 Å². The summed E-state index contributed by atoms with van der Waals surface area (Å²) in [5, 5.41) is 11.1. The molecule has 0 radical (unpaired) electrons. The minimum atomic E-state index is -1.12. The van der Waals surface area contributed by atoms with Gasteiger partial charge < -0.3 is 26.6 Å². The fourth-order valence-electron chi connectivity index (χ4n) is 1.08. The third-order valence-corrected chi connectivity index (χ3v) is 1.81. The van der Waals surface area contributed by atoms with E-state index in [-0.39, 0.29) is 31.4 Å². The first-order chi connectivity index (χ1) is 7.97. The van der Waals surface area contributed by atoms with Gasteiger partial charge in [-0.05, 0) is 19.8 Å². The molecule has 0 aromatic heterocycles. The molecule has 1 atom stereocenters. The van der Waals surface area contributed by atoms with Gasteiger partial charge in [0.2, 0.25) is 0 Å². The number of carbonyl (C=O) groups is 2. The van der Waals surface area contributed by atoms with E-state index < -0.39 is 18.1 Å². The predicted molar refractivity (Wildman–Crippen MR) is 68.7 cm³/mol. The topological polar surface area (TPSA) is 140 Å². The second-order valence-electron chi connectivity index (χ2n) is 3.20. The Morgan fingerprint density at radius 3 is 2.50 bits per heavy atom. The van der Waals surface area contributed by atoms with E-state index in [0.717, 1.165) is 0 Å². The molecule has 0 saturated carbocycles. The summed E-state index contributed by atoms with van der Waals surface area (Å²) in [7, 11) is 0. The Morgan fingerprint density at radius 1 is 1.44 bits per heavy atom. The average molecular weight is 283 g/mol. The maximum atomic E-state index is 11.0. The number of hydrogen-bond acceptors (Lipinski definition) is 4. The second kappa shape index (κ2) is 10.5. The molecular formula is C9H19ClN4O4. The maximum absolute atomic E-state index is 11.0. The van der Waals surface area contributed by atoms with Crippen LogP contribution in [-0.4, -0.2) is 42.3 Å². The fourth-order valence-corrected chi connectivity index (χ4v) is 1.08. The van der Waals surface area contributed by atoms with Crippen LogP contribution >= 0.6 is 12.4 Å². The molecule has 0 aromatic carbocycles. The first kappa shape index (κ1) is 18.7. The monoisotopic (exact) mass is 282 g/mol. The summed E-state index contributed by atoms with van der Waals surface area (Å²) in [6.07, 6.45) is -0.0756. The number of nitrogens with one attached hydrogen (secondary N) is 1. The quantitative estimate of drug-likeness (QED) is 0.286. The SMILES string of the molecule is CCOC(=O)N[C@@H](CCCN=C(N)N)C(=O)O.Cl. The number of nitrogens with zero attached hydrogens (tertiary/aromatic N) is 1. The molecule has 0 rings (SSSR count). The molecule has 0 heterocycles. The molecule has 0 saturated heterocycles. The lowest BCUT2D eigenvalue weighted by Gasteiger charge is -2.13. The van der Waals surface area contributed by atoms with Crippen LogP contribution in [0.25, 0.3) is 0 Å². The normalized spacial score (nSPS) is 10.7. The van der Waals surface area contributed by atoms with Crippen LogP contribution in [0.5, 0.6) is 0 Å². The molecule has 0 aliphatic rings. The van der Waals surface area contributed by atoms with E-state index >= 15 is 0 Å². The molecule has 6 N–H and O–H groups in total. The number of halogens is 1. The zero-order valence-corrected chi connectivity index (χ0v) is 10.9. The van der Waals surface area contributed by atoms with Gasteiger partial charge in [0.15, 0.2) is 5.96 Å². The summed E-state index contributed by atoms with van der Waals surface area (Å²) < 4.78 is 4.59. The number of aliphatic carboxylic acids is 1. The van der Waals surface area contributed by atoms with Crippen LogP contribution in [0.1, 0.15) is 19.8 Å². The van der Waals surface area contributed by atoms with Gasteiger partial charge in [-0.1, -0.05) is 0 Å². The van der Waals surface area contributed by atoms with Crippen molar-refractivity contribution < 1.29 is 19.4 Å². The van der Waals surface area contributed by atoms with Gasteiger partial charge >= 0.3 is 12.1 Å². The molecule has 0 bridgehead atoms. The number of carboxylic acid groups (broad SMARTS) is 1. The Hall–Kier alpha value is -1.70. The Bertz CT molecular complexity index is 294. The number of rotatable bonds is 7. The summed E-state index contributed by atoms with van der Waals surface area (Å²) in [6, 6.07) is -0.997. The van der Waals surface area contributed by atoms with Crippen molar-refractivity contribution in [3.05, 3.63) is 0 Å². The summed E-state index contributed by atoms with van der Waals surface area (Å²) in [4.78, 5) is 25.6. The minimum Gasteiger partial charge on any atom is -0.480 e. The zero-order chi connectivity index (χ0) is 13.3. The molecule has 18 heavy (non-hydrogen) atoms. The highest BCUT2D eigenvalue weighted by atomic mass is 35.5. The van der Waals surface area contributed by atoms with Gasteiger partial charge in [-0.25, -0.2) is 9.59 Å². The average Bonchev–Trinajstić information content (AvgIpc) is 2.22. The van der Waals surface area contributed by atoms with Gasteiger partial charge in [0, 0.05) is 6.54 Å². The molecule has 0 aliphatic heterocycles. The van der Waals surface area contributed by atoms with Gasteiger partial charge in [-0.2, -0.15) is 0 Å². The number of amides is 1. The van der Waals surface area contributed by atoms with Crippen LogP contribution in [-0.2, 0) is 9.53 Å². The number of guanidine groups is 1. The molecule has 9 heteroatoms. The number of hydrogen-bond donors (Lipinski definition) is 4. The summed E-state index contributed by atoms with van der Waals surface area (Å²) in [5.74, 6) is -1.17. The van der Waals surface area contributed by atoms with E-state index in [9.17, 15) is 9.59 Å². The molecular weight excluding hydrogens is 264 g/mol. The Kier molecular flexibility index (Phi) is 10.8. The van der Waals surface area contributed by atoms with E-state index in [4.69, 9.17) is 16.6 Å². The molecule has 1 amide bonds. The van der Waals surface area contributed by atoms with Crippen molar-refractivity contribution in [3.63, 3.8) is 0 Å². The second-order valence-corrected chi connectivity index (χ2v) is 3.20. The van der Waals surface area contributed by atoms with Crippen molar-refractivity contribution >= 4 is 30.4 Å². The van der Waals surface area contributed by atoms with E-state index in [1.165, 1.54) is 0 Å². The van der Waals surface area contributed by atoms with Gasteiger partial charge in [-0.15, -0.1) is 12.4 Å². The first-order valence-corrected chi connectivity index (χ1v) is 5.18. The molecule has 0 unspecified atom stereocenters. The van der Waals surface area contributed by atoms with Crippen molar-refractivity contribution in [2.45, 2.75) is 25.8 Å². The Labute approximate surface area is 111 Å². The summed E-state index contributed by atoms with van der Waals surface area (Å²) in [6.45, 7) is 2.14. The molecule has 106 valence electrons. The van der Waals surface area contributed by atoms with Crippen molar-refractivity contribution in [2.24, 2.45) is 16.5 Å². The number of nitrogens with two attached hydrogens (primary N) is 2. The number of ether oxygens (including phenoxy) is 1. The maximum Gasteiger partial charge on any atom is 0.407 e. The van der Waals surface area contributed by atoms with Crippen LogP contribution in [0, 0.1) is 0 Å². The molecule has 0 aromatic rings. The number of aliphatic imine (C=N–C) groups is 1. The van der Waals surface area contributed by atoms with Crippen molar-refractivity contribution in [3.8, 4) is 0 Å². The van der Waals surface area contributed by atoms with Crippen LogP contribution in [0.4, 0.5) is 4.79 Å². The molecule has 0 fully saturated rings. The summed E-state index contributed by atoms with van der Waals surface area (Å²) >= 11 is 0. The lowest BCUT2D eigenvalue weighted by atomic mass is 10.1. The number of carboxylic acids is 1. The van der Waals surface area contributed by atoms with Crippen LogP contribution < -0.4 is 16.8 Å². The third-order valence-electron chi connectivity index (χ3n) is 1.81. The van der Waals surface area contributed by atoms with Crippen molar-refractivity contribution in [1.82, 2.24) is 5.32 Å². The summed E-state index contributed by atoms with van der Waals surface area (Å²) in [5.41, 5.74) is 10.2. The van der Waals surface area contributed by atoms with E-state index in [1.807, 2.05) is 0 Å². The van der Waals surface area contributed by atoms with E-state index in [1.54, 1.807) is 6.92 Å². The van der Waals surface area contributed by atoms with Crippen LogP contribution in [0.15, 0.2) is 4.99 Å². The molecule has 0 spiro atoms. The number of carbonyl (C=O) groups excluding carboxylic acids is 1. The first-order valence-electron chi connectivity index (χ1n) is 5.18. The fraction of sp³-hybridized carbons (Fsp3) is 0.667. The standard InChI is InChI=1S/C9H18N4O4.ClH/c1-2-17-9(16)13-6(7(14)15)4-3-5-12-8(10)11;/h6H,2-5H2,1H3,(H,13,16)(H,14,15)(H4,10,11,12);1H/t6-;/m0./s1. The molecule has 0 aliphatic carbocycles. The lowest BCUT2D eigenvalue weighted by molar-refractivity contribution is -0.139. The van der Waals surface area contributed by atoms with Gasteiger partial charge in [0.05, 0.1) is 6.61 Å². The Morgan fingerprint density at radius 2 is 2.06 bits per heavy atom. The highest BCUT2D eigenvalue weighted by Crippen LogP contribution is 1.99. The highest BCUT2D eigenvalue weighted by Gasteiger charge is 2.19. The Balaban J connectivity index is 0. The largest absolute Gasteiger partial charge is 0.480 e. The van der Waals surface area contributed by atoms with Crippen LogP contribution in [0.2, 0.25) is 0 Å². The highest BCUT2D eigenvalue weighted by molar-refractivity contribution is 5.85. The van der Waals surface area contributed by atoms with E-state index in [2.05, 4.69) is 15.0 Å². The molecule has 8 nitrogen and oxygen atoms in total. The van der Waals surface area contributed by atoms with Crippen molar-refractivity contribution in [2.75, 3.05) is 13.2 Å².